The molecule has 19 heavy (non-hydrogen) atoms. The summed E-state index contributed by atoms with van der Waals surface area (Å²) in [4.78, 5) is 0. The number of hydrogen-bond donors (Lipinski definition) is 2. The monoisotopic (exact) mass is 278 g/mol. The summed E-state index contributed by atoms with van der Waals surface area (Å²) in [5, 5.41) is 3.00. The van der Waals surface area contributed by atoms with Crippen molar-refractivity contribution in [3.63, 3.8) is 0 Å². The number of rotatable bonds is 7. The van der Waals surface area contributed by atoms with E-state index < -0.39 is 18.2 Å². The van der Waals surface area contributed by atoms with Crippen molar-refractivity contribution in [1.29, 1.82) is 0 Å². The van der Waals surface area contributed by atoms with E-state index in [2.05, 4.69) is 10.1 Å². The van der Waals surface area contributed by atoms with Gasteiger partial charge in [0.2, 0.25) is 0 Å². The summed E-state index contributed by atoms with van der Waals surface area (Å²) in [6.07, 6.45) is 0.732. The van der Waals surface area contributed by atoms with Crippen LogP contribution in [-0.2, 0) is 4.74 Å². The molecule has 4 nitrogen and oxygen atoms in total. The van der Waals surface area contributed by atoms with Gasteiger partial charge in [0.25, 0.3) is 0 Å². The molecule has 0 spiro atoms. The molecular formula is C12H17F3N2O2. The molecular weight excluding hydrogens is 261 g/mol. The molecule has 0 heterocycles. The van der Waals surface area contributed by atoms with E-state index in [1.165, 1.54) is 0 Å². The highest BCUT2D eigenvalue weighted by molar-refractivity contribution is 5.69. The van der Waals surface area contributed by atoms with Crippen molar-refractivity contribution >= 4 is 11.4 Å². The van der Waals surface area contributed by atoms with Crippen molar-refractivity contribution in [2.24, 2.45) is 0 Å². The van der Waals surface area contributed by atoms with Crippen LogP contribution in [-0.4, -0.2) is 26.4 Å². The second-order valence-corrected chi connectivity index (χ2v) is 3.95. The number of benzene rings is 1. The fourth-order valence-electron chi connectivity index (χ4n) is 1.56. The van der Waals surface area contributed by atoms with Crippen LogP contribution in [0.4, 0.5) is 24.5 Å². The number of halogens is 3. The van der Waals surface area contributed by atoms with Gasteiger partial charge in [0, 0.05) is 25.3 Å². The average Bonchev–Trinajstić information content (AvgIpc) is 2.33. The molecule has 0 fully saturated rings. The molecule has 1 aromatic carbocycles. The fraction of sp³-hybridized carbons (Fsp3) is 0.500. The van der Waals surface area contributed by atoms with Crippen LogP contribution in [0.3, 0.4) is 0 Å². The van der Waals surface area contributed by atoms with Crippen LogP contribution in [0.5, 0.6) is 5.75 Å². The zero-order valence-corrected chi connectivity index (χ0v) is 10.8. The minimum absolute atomic E-state index is 0.0582. The van der Waals surface area contributed by atoms with Crippen molar-refractivity contribution < 1.29 is 22.6 Å². The van der Waals surface area contributed by atoms with E-state index in [-0.39, 0.29) is 11.7 Å². The topological polar surface area (TPSA) is 56.5 Å². The molecule has 0 aromatic heterocycles. The molecule has 3 N–H and O–H groups in total. The number of nitrogens with two attached hydrogens (primary N) is 1. The standard InChI is InChI=1S/C12H17F3N2O2/c1-3-7(6-18-2)17-10-5-11(19-12(14)15)8(13)4-9(10)16/h4-5,7,12,17H,3,6,16H2,1-2H3. The van der Waals surface area contributed by atoms with Crippen molar-refractivity contribution in [1.82, 2.24) is 0 Å². The summed E-state index contributed by atoms with van der Waals surface area (Å²) in [5.41, 5.74) is 6.09. The number of nitrogen functional groups attached to an aromatic ring is 1. The molecule has 7 heteroatoms. The van der Waals surface area contributed by atoms with Crippen LogP contribution < -0.4 is 15.8 Å². The zero-order valence-electron chi connectivity index (χ0n) is 10.8. The van der Waals surface area contributed by atoms with Crippen molar-refractivity contribution in [3.8, 4) is 5.75 Å². The maximum atomic E-state index is 13.4. The van der Waals surface area contributed by atoms with Crippen molar-refractivity contribution in [2.45, 2.75) is 26.0 Å². The number of nitrogens with one attached hydrogen (secondary N) is 1. The first-order chi connectivity index (χ1) is 8.97. The van der Waals surface area contributed by atoms with E-state index in [1.807, 2.05) is 6.92 Å². The van der Waals surface area contributed by atoms with Gasteiger partial charge in [-0.3, -0.25) is 0 Å². The maximum absolute atomic E-state index is 13.4. The molecule has 1 atom stereocenters. The van der Waals surface area contributed by atoms with Crippen molar-refractivity contribution in [3.05, 3.63) is 17.9 Å². The predicted molar refractivity (Wildman–Crippen MR) is 67.0 cm³/mol. The summed E-state index contributed by atoms with van der Waals surface area (Å²) in [7, 11) is 1.55. The van der Waals surface area contributed by atoms with Gasteiger partial charge in [-0.15, -0.1) is 0 Å². The molecule has 108 valence electrons. The molecule has 0 bridgehead atoms. The first-order valence-electron chi connectivity index (χ1n) is 5.77. The molecule has 0 aliphatic carbocycles. The van der Waals surface area contributed by atoms with Gasteiger partial charge in [-0.2, -0.15) is 8.78 Å². The van der Waals surface area contributed by atoms with E-state index in [4.69, 9.17) is 10.5 Å². The van der Waals surface area contributed by atoms with E-state index in [0.29, 0.717) is 12.3 Å². The Bertz CT molecular complexity index is 416. The van der Waals surface area contributed by atoms with Crippen LogP contribution in [0.15, 0.2) is 12.1 Å². The molecule has 0 aliphatic heterocycles. The third kappa shape index (κ3) is 4.51. The molecule has 1 rings (SSSR count). The third-order valence-electron chi connectivity index (χ3n) is 2.54. The molecule has 0 saturated heterocycles. The first kappa shape index (κ1) is 15.4. The number of ether oxygens (including phenoxy) is 2. The molecule has 0 radical (unpaired) electrons. The van der Waals surface area contributed by atoms with Crippen LogP contribution >= 0.6 is 0 Å². The Morgan fingerprint density at radius 1 is 1.37 bits per heavy atom. The Hall–Kier alpha value is -1.63. The van der Waals surface area contributed by atoms with E-state index in [1.54, 1.807) is 7.11 Å². The highest BCUT2D eigenvalue weighted by Crippen LogP contribution is 2.30. The highest BCUT2D eigenvalue weighted by Gasteiger charge is 2.15. The largest absolute Gasteiger partial charge is 0.432 e. The van der Waals surface area contributed by atoms with E-state index in [9.17, 15) is 13.2 Å². The predicted octanol–water partition coefficient (Wildman–Crippen LogP) is 2.85. The molecule has 0 aliphatic rings. The minimum atomic E-state index is -3.09. The van der Waals surface area contributed by atoms with Gasteiger partial charge in [0.1, 0.15) is 0 Å². The lowest BCUT2D eigenvalue weighted by Crippen LogP contribution is -2.24. The molecule has 0 amide bonds. The van der Waals surface area contributed by atoms with Gasteiger partial charge in [0.05, 0.1) is 18.0 Å². The van der Waals surface area contributed by atoms with Crippen molar-refractivity contribution in [2.75, 3.05) is 24.8 Å². The number of alkyl halides is 2. The van der Waals surface area contributed by atoms with Gasteiger partial charge in [-0.1, -0.05) is 6.92 Å². The lowest BCUT2D eigenvalue weighted by molar-refractivity contribution is -0.0521. The second kappa shape index (κ2) is 7.08. The highest BCUT2D eigenvalue weighted by atomic mass is 19.3. The lowest BCUT2D eigenvalue weighted by atomic mass is 10.2. The summed E-state index contributed by atoms with van der Waals surface area (Å²) in [6.45, 7) is -0.752. The Kier molecular flexibility index (Phi) is 5.75. The zero-order chi connectivity index (χ0) is 14.4. The lowest BCUT2D eigenvalue weighted by Gasteiger charge is -2.19. The number of hydrogen-bond acceptors (Lipinski definition) is 4. The average molecular weight is 278 g/mol. The molecule has 1 unspecified atom stereocenters. The van der Waals surface area contributed by atoms with Crippen LogP contribution in [0.25, 0.3) is 0 Å². The first-order valence-corrected chi connectivity index (χ1v) is 5.77. The van der Waals surface area contributed by atoms with Crippen LogP contribution in [0.1, 0.15) is 13.3 Å². The maximum Gasteiger partial charge on any atom is 0.387 e. The van der Waals surface area contributed by atoms with Crippen LogP contribution in [0.2, 0.25) is 0 Å². The Morgan fingerprint density at radius 3 is 2.58 bits per heavy atom. The smallest absolute Gasteiger partial charge is 0.387 e. The van der Waals surface area contributed by atoms with Crippen LogP contribution in [0, 0.1) is 5.82 Å². The second-order valence-electron chi connectivity index (χ2n) is 3.95. The number of anilines is 2. The van der Waals surface area contributed by atoms with Gasteiger partial charge in [-0.25, -0.2) is 4.39 Å². The molecule has 1 aromatic rings. The van der Waals surface area contributed by atoms with Gasteiger partial charge >= 0.3 is 6.61 Å². The van der Waals surface area contributed by atoms with Gasteiger partial charge in [-0.05, 0) is 6.42 Å². The van der Waals surface area contributed by atoms with E-state index in [0.717, 1.165) is 18.6 Å². The normalized spacial score (nSPS) is 12.5. The summed E-state index contributed by atoms with van der Waals surface area (Å²) >= 11 is 0. The number of methoxy groups -OCH3 is 1. The van der Waals surface area contributed by atoms with Gasteiger partial charge in [0.15, 0.2) is 11.6 Å². The quantitative estimate of drug-likeness (QED) is 0.753. The fourth-order valence-corrected chi connectivity index (χ4v) is 1.56. The Balaban J connectivity index is 2.93. The minimum Gasteiger partial charge on any atom is -0.432 e. The summed E-state index contributed by atoms with van der Waals surface area (Å²) in [6, 6.07) is 2.01. The third-order valence-corrected chi connectivity index (χ3v) is 2.54. The van der Waals surface area contributed by atoms with E-state index >= 15 is 0 Å². The van der Waals surface area contributed by atoms with Gasteiger partial charge < -0.3 is 20.5 Å². The SMILES string of the molecule is CCC(COC)Nc1cc(OC(F)F)c(F)cc1N. The molecule has 0 saturated carbocycles. The summed E-state index contributed by atoms with van der Waals surface area (Å²) in [5.74, 6) is -1.47. The summed E-state index contributed by atoms with van der Waals surface area (Å²) < 4.78 is 46.7. The Morgan fingerprint density at radius 2 is 2.05 bits per heavy atom. The Labute approximate surface area is 109 Å².